The number of hydrogen-bond acceptors (Lipinski definition) is 1. The summed E-state index contributed by atoms with van der Waals surface area (Å²) in [7, 11) is 1.83. The Morgan fingerprint density at radius 3 is 2.33 bits per heavy atom. The molecule has 2 aromatic rings. The number of benzene rings is 2. The predicted octanol–water partition coefficient (Wildman–Crippen LogP) is 5.06. The number of urea groups is 1. The van der Waals surface area contributed by atoms with E-state index in [9.17, 15) is 4.79 Å². The summed E-state index contributed by atoms with van der Waals surface area (Å²) in [5, 5.41) is 2.92. The second-order valence-corrected chi connectivity index (χ2v) is 5.80. The molecule has 2 amide bonds. The zero-order valence-corrected chi connectivity index (χ0v) is 13.8. The Balaban J connectivity index is 2.10. The summed E-state index contributed by atoms with van der Waals surface area (Å²) in [5.74, 6) is 0. The molecule has 0 bridgehead atoms. The molecule has 0 aliphatic heterocycles. The lowest BCUT2D eigenvalue weighted by Crippen LogP contribution is -2.34. The standard InChI is InChI=1S/C17H19BrN2O/c1-3-16(13-9-11-14(18)12-10-13)20(2)17(21)19-15-7-5-4-6-8-15/h4-12,16H,3H2,1-2H3,(H,19,21). The monoisotopic (exact) mass is 346 g/mol. The van der Waals surface area contributed by atoms with Gasteiger partial charge in [0, 0.05) is 17.2 Å². The normalized spacial score (nSPS) is 11.8. The van der Waals surface area contributed by atoms with Crippen LogP contribution in [0.25, 0.3) is 0 Å². The van der Waals surface area contributed by atoms with Crippen molar-refractivity contribution in [1.29, 1.82) is 0 Å². The van der Waals surface area contributed by atoms with E-state index in [2.05, 4.69) is 28.2 Å². The Hall–Kier alpha value is -1.81. The third kappa shape index (κ3) is 4.08. The van der Waals surface area contributed by atoms with Gasteiger partial charge in [-0.2, -0.15) is 0 Å². The second-order valence-electron chi connectivity index (χ2n) is 4.88. The molecule has 0 saturated heterocycles. The van der Waals surface area contributed by atoms with Crippen molar-refractivity contribution < 1.29 is 4.79 Å². The molecule has 110 valence electrons. The third-order valence-electron chi connectivity index (χ3n) is 3.45. The first-order valence-corrected chi connectivity index (χ1v) is 7.75. The minimum Gasteiger partial charge on any atom is -0.321 e. The van der Waals surface area contributed by atoms with Crippen LogP contribution in [-0.4, -0.2) is 18.0 Å². The molecule has 4 heteroatoms. The van der Waals surface area contributed by atoms with Crippen molar-refractivity contribution >= 4 is 27.6 Å². The van der Waals surface area contributed by atoms with Gasteiger partial charge in [0.1, 0.15) is 0 Å². The van der Waals surface area contributed by atoms with E-state index in [4.69, 9.17) is 0 Å². The Morgan fingerprint density at radius 1 is 1.14 bits per heavy atom. The van der Waals surface area contributed by atoms with Gasteiger partial charge in [-0.3, -0.25) is 0 Å². The van der Waals surface area contributed by atoms with Crippen molar-refractivity contribution in [2.24, 2.45) is 0 Å². The maximum atomic E-state index is 12.4. The molecule has 1 N–H and O–H groups in total. The topological polar surface area (TPSA) is 32.3 Å². The summed E-state index contributed by atoms with van der Waals surface area (Å²) < 4.78 is 1.04. The Morgan fingerprint density at radius 2 is 1.76 bits per heavy atom. The lowest BCUT2D eigenvalue weighted by atomic mass is 10.0. The summed E-state index contributed by atoms with van der Waals surface area (Å²) in [6.45, 7) is 2.08. The van der Waals surface area contributed by atoms with Crippen molar-refractivity contribution in [3.05, 3.63) is 64.6 Å². The number of carbonyl (C=O) groups excluding carboxylic acids is 1. The van der Waals surface area contributed by atoms with Crippen LogP contribution in [0.2, 0.25) is 0 Å². The second kappa shape index (κ2) is 7.27. The van der Waals surface area contributed by atoms with Crippen LogP contribution >= 0.6 is 15.9 Å². The Kier molecular flexibility index (Phi) is 5.39. The van der Waals surface area contributed by atoms with Crippen LogP contribution in [0.15, 0.2) is 59.1 Å². The van der Waals surface area contributed by atoms with Crippen molar-refractivity contribution in [3.63, 3.8) is 0 Å². The molecule has 0 heterocycles. The molecule has 0 radical (unpaired) electrons. The van der Waals surface area contributed by atoms with E-state index >= 15 is 0 Å². The SMILES string of the molecule is CCC(c1ccc(Br)cc1)N(C)C(=O)Nc1ccccc1. The first-order chi connectivity index (χ1) is 10.1. The maximum Gasteiger partial charge on any atom is 0.322 e. The van der Waals surface area contributed by atoms with Gasteiger partial charge in [0.2, 0.25) is 0 Å². The van der Waals surface area contributed by atoms with Gasteiger partial charge in [0.25, 0.3) is 0 Å². The van der Waals surface area contributed by atoms with E-state index in [0.717, 1.165) is 22.1 Å². The number of hydrogen-bond donors (Lipinski definition) is 1. The van der Waals surface area contributed by atoms with Crippen LogP contribution in [-0.2, 0) is 0 Å². The quantitative estimate of drug-likeness (QED) is 0.823. The Labute approximate surface area is 134 Å². The van der Waals surface area contributed by atoms with Gasteiger partial charge in [-0.25, -0.2) is 4.79 Å². The minimum absolute atomic E-state index is 0.0572. The molecule has 0 fully saturated rings. The van der Waals surface area contributed by atoms with Crippen LogP contribution in [0, 0.1) is 0 Å². The highest BCUT2D eigenvalue weighted by Gasteiger charge is 2.20. The molecular weight excluding hydrogens is 328 g/mol. The summed E-state index contributed by atoms with van der Waals surface area (Å²) in [6.07, 6.45) is 0.861. The van der Waals surface area contributed by atoms with Crippen molar-refractivity contribution in [2.45, 2.75) is 19.4 Å². The van der Waals surface area contributed by atoms with E-state index < -0.39 is 0 Å². The molecule has 0 aliphatic carbocycles. The van der Waals surface area contributed by atoms with Crippen LogP contribution in [0.3, 0.4) is 0 Å². The van der Waals surface area contributed by atoms with Gasteiger partial charge >= 0.3 is 6.03 Å². The van der Waals surface area contributed by atoms with Crippen LogP contribution < -0.4 is 5.32 Å². The number of amides is 2. The van der Waals surface area contributed by atoms with E-state index in [1.54, 1.807) is 4.90 Å². The summed E-state index contributed by atoms with van der Waals surface area (Å²) >= 11 is 3.43. The zero-order valence-electron chi connectivity index (χ0n) is 12.2. The molecule has 2 aromatic carbocycles. The third-order valence-corrected chi connectivity index (χ3v) is 3.98. The first kappa shape index (κ1) is 15.6. The van der Waals surface area contributed by atoms with Crippen molar-refractivity contribution in [3.8, 4) is 0 Å². The van der Waals surface area contributed by atoms with E-state index in [-0.39, 0.29) is 12.1 Å². The fourth-order valence-corrected chi connectivity index (χ4v) is 2.56. The number of nitrogens with one attached hydrogen (secondary N) is 1. The molecule has 0 saturated carbocycles. The smallest absolute Gasteiger partial charge is 0.321 e. The molecule has 1 atom stereocenters. The van der Waals surface area contributed by atoms with Crippen molar-refractivity contribution in [2.75, 3.05) is 12.4 Å². The number of carbonyl (C=O) groups is 1. The average molecular weight is 347 g/mol. The minimum atomic E-state index is -0.101. The number of para-hydroxylation sites is 1. The molecular formula is C17H19BrN2O. The highest BCUT2D eigenvalue weighted by atomic mass is 79.9. The van der Waals surface area contributed by atoms with Gasteiger partial charge < -0.3 is 10.2 Å². The van der Waals surface area contributed by atoms with Gasteiger partial charge in [-0.1, -0.05) is 53.2 Å². The maximum absolute atomic E-state index is 12.4. The highest BCUT2D eigenvalue weighted by Crippen LogP contribution is 2.25. The molecule has 1 unspecified atom stereocenters. The van der Waals surface area contributed by atoms with E-state index in [1.165, 1.54) is 0 Å². The number of halogens is 1. The molecule has 3 nitrogen and oxygen atoms in total. The van der Waals surface area contributed by atoms with Gasteiger partial charge in [-0.05, 0) is 36.2 Å². The first-order valence-electron chi connectivity index (χ1n) is 6.96. The van der Waals surface area contributed by atoms with Gasteiger partial charge in [-0.15, -0.1) is 0 Å². The van der Waals surface area contributed by atoms with E-state index in [1.807, 2.05) is 61.6 Å². The predicted molar refractivity (Wildman–Crippen MR) is 90.4 cm³/mol. The Bertz CT molecular complexity index is 583. The number of nitrogens with zero attached hydrogens (tertiary/aromatic N) is 1. The van der Waals surface area contributed by atoms with Crippen LogP contribution in [0.1, 0.15) is 24.9 Å². The largest absolute Gasteiger partial charge is 0.322 e. The highest BCUT2D eigenvalue weighted by molar-refractivity contribution is 9.10. The fraction of sp³-hybridized carbons (Fsp3) is 0.235. The zero-order chi connectivity index (χ0) is 15.2. The summed E-state index contributed by atoms with van der Waals surface area (Å²) in [5.41, 5.74) is 1.94. The average Bonchev–Trinajstić information content (AvgIpc) is 2.50. The molecule has 2 rings (SSSR count). The lowest BCUT2D eigenvalue weighted by molar-refractivity contribution is 0.202. The molecule has 0 spiro atoms. The number of rotatable bonds is 4. The fourth-order valence-electron chi connectivity index (χ4n) is 2.29. The van der Waals surface area contributed by atoms with Crippen LogP contribution in [0.4, 0.5) is 10.5 Å². The molecule has 0 aliphatic rings. The summed E-state index contributed by atoms with van der Waals surface area (Å²) in [6, 6.07) is 17.5. The lowest BCUT2D eigenvalue weighted by Gasteiger charge is -2.28. The molecule has 21 heavy (non-hydrogen) atoms. The molecule has 0 aromatic heterocycles. The number of anilines is 1. The summed E-state index contributed by atoms with van der Waals surface area (Å²) in [4.78, 5) is 14.1. The van der Waals surface area contributed by atoms with Gasteiger partial charge in [0.15, 0.2) is 0 Å². The van der Waals surface area contributed by atoms with E-state index in [0.29, 0.717) is 0 Å². The van der Waals surface area contributed by atoms with Gasteiger partial charge in [0.05, 0.1) is 6.04 Å². The van der Waals surface area contributed by atoms with Crippen LogP contribution in [0.5, 0.6) is 0 Å². The van der Waals surface area contributed by atoms with Crippen molar-refractivity contribution in [1.82, 2.24) is 4.90 Å².